The van der Waals surface area contributed by atoms with Crippen LogP contribution in [0.5, 0.6) is 0 Å². The molecule has 4 N–H and O–H groups in total. The number of imide groups is 1. The zero-order valence-electron chi connectivity index (χ0n) is 11.6. The van der Waals surface area contributed by atoms with Gasteiger partial charge in [0.2, 0.25) is 0 Å². The van der Waals surface area contributed by atoms with Crippen LogP contribution in [0.4, 0.5) is 10.6 Å². The number of carbonyl (C=O) groups is 2. The van der Waals surface area contributed by atoms with Crippen LogP contribution in [0.2, 0.25) is 0 Å². The number of carbonyl (C=O) groups excluding carboxylic acids is 2. The molecular weight excluding hydrogens is 272 g/mol. The summed E-state index contributed by atoms with van der Waals surface area (Å²) < 4.78 is 5.03. The molecular formula is C14H14N4O3. The molecule has 1 aliphatic heterocycles. The van der Waals surface area contributed by atoms with Crippen LogP contribution in [0.1, 0.15) is 18.2 Å². The Morgan fingerprint density at radius 3 is 2.38 bits per heavy atom. The van der Waals surface area contributed by atoms with Gasteiger partial charge in [0.05, 0.1) is 5.56 Å². The van der Waals surface area contributed by atoms with Crippen LogP contribution in [-0.2, 0) is 10.3 Å². The van der Waals surface area contributed by atoms with E-state index < -0.39 is 11.6 Å². The van der Waals surface area contributed by atoms with E-state index in [0.29, 0.717) is 17.1 Å². The van der Waals surface area contributed by atoms with Crippen molar-refractivity contribution in [1.82, 2.24) is 15.8 Å². The van der Waals surface area contributed by atoms with E-state index in [0.717, 1.165) is 11.1 Å². The van der Waals surface area contributed by atoms with E-state index in [-0.39, 0.29) is 5.91 Å². The summed E-state index contributed by atoms with van der Waals surface area (Å²) in [6.45, 7) is 3.43. The predicted molar refractivity (Wildman–Crippen MR) is 75.1 cm³/mol. The van der Waals surface area contributed by atoms with Gasteiger partial charge in [-0.05, 0) is 25.0 Å². The van der Waals surface area contributed by atoms with Crippen LogP contribution in [-0.4, -0.2) is 17.1 Å². The smallest absolute Gasteiger partial charge is 0.322 e. The molecule has 3 amide bonds. The highest BCUT2D eigenvalue weighted by atomic mass is 16.5. The molecule has 21 heavy (non-hydrogen) atoms. The maximum absolute atomic E-state index is 11.9. The van der Waals surface area contributed by atoms with Gasteiger partial charge in [-0.25, -0.2) is 4.79 Å². The largest absolute Gasteiger partial charge is 0.380 e. The monoisotopic (exact) mass is 286 g/mol. The summed E-state index contributed by atoms with van der Waals surface area (Å²) in [5, 5.41) is 8.56. The number of amides is 3. The van der Waals surface area contributed by atoms with Crippen LogP contribution in [0, 0.1) is 6.92 Å². The highest BCUT2D eigenvalue weighted by molar-refractivity contribution is 6.07. The maximum atomic E-state index is 11.9. The summed E-state index contributed by atoms with van der Waals surface area (Å²) in [5.41, 5.74) is 6.96. The number of nitrogens with zero attached hydrogens (tertiary/aromatic N) is 1. The third-order valence-corrected chi connectivity index (χ3v) is 3.68. The van der Waals surface area contributed by atoms with Gasteiger partial charge in [0.15, 0.2) is 5.82 Å². The number of benzene rings is 1. The van der Waals surface area contributed by atoms with Crippen LogP contribution in [0.3, 0.4) is 0 Å². The Morgan fingerprint density at radius 1 is 1.24 bits per heavy atom. The van der Waals surface area contributed by atoms with Gasteiger partial charge in [-0.3, -0.25) is 10.1 Å². The lowest BCUT2D eigenvalue weighted by atomic mass is 9.91. The first-order valence-corrected chi connectivity index (χ1v) is 6.38. The molecule has 1 fully saturated rings. The average Bonchev–Trinajstić information content (AvgIpc) is 2.90. The van der Waals surface area contributed by atoms with Crippen molar-refractivity contribution in [3.05, 3.63) is 35.6 Å². The molecule has 1 saturated heterocycles. The molecule has 2 heterocycles. The molecule has 1 atom stereocenters. The van der Waals surface area contributed by atoms with E-state index in [1.807, 2.05) is 12.1 Å². The summed E-state index contributed by atoms with van der Waals surface area (Å²) in [6, 6.07) is 6.67. The predicted octanol–water partition coefficient (Wildman–Crippen LogP) is 1.29. The van der Waals surface area contributed by atoms with E-state index in [2.05, 4.69) is 15.8 Å². The van der Waals surface area contributed by atoms with Crippen LogP contribution < -0.4 is 16.4 Å². The minimum atomic E-state index is -1.06. The second kappa shape index (κ2) is 4.34. The molecule has 7 heteroatoms. The lowest BCUT2D eigenvalue weighted by Gasteiger charge is -2.21. The van der Waals surface area contributed by atoms with Crippen molar-refractivity contribution in [2.75, 3.05) is 5.73 Å². The standard InChI is InChI=1S/C14H14N4O3/c1-7-10(11(15)18-21-7)8-3-5-9(6-4-8)14(2)12(19)16-13(20)17-14/h3-6H,1-2H3,(H2,15,18)(H2,16,17,19,20)/t14-/m1/s1. The van der Waals surface area contributed by atoms with Crippen LogP contribution in [0.15, 0.2) is 28.8 Å². The fraction of sp³-hybridized carbons (Fsp3) is 0.214. The average molecular weight is 286 g/mol. The summed E-state index contributed by atoms with van der Waals surface area (Å²) in [6.07, 6.45) is 0. The van der Waals surface area contributed by atoms with Crippen molar-refractivity contribution in [3.8, 4) is 11.1 Å². The lowest BCUT2D eigenvalue weighted by molar-refractivity contribution is -0.123. The van der Waals surface area contributed by atoms with Crippen molar-refractivity contribution < 1.29 is 14.1 Å². The van der Waals surface area contributed by atoms with Gasteiger partial charge < -0.3 is 15.6 Å². The number of nitrogen functional groups attached to an aromatic ring is 1. The van der Waals surface area contributed by atoms with E-state index >= 15 is 0 Å². The zero-order valence-corrected chi connectivity index (χ0v) is 11.6. The van der Waals surface area contributed by atoms with E-state index in [1.54, 1.807) is 26.0 Å². The number of anilines is 1. The Labute approximate surface area is 120 Å². The molecule has 0 unspecified atom stereocenters. The number of nitrogens with two attached hydrogens (primary N) is 1. The van der Waals surface area contributed by atoms with Crippen molar-refractivity contribution in [2.45, 2.75) is 19.4 Å². The summed E-state index contributed by atoms with van der Waals surface area (Å²) in [5.74, 6) is 0.567. The first-order chi connectivity index (χ1) is 9.91. The number of aromatic nitrogens is 1. The fourth-order valence-corrected chi connectivity index (χ4v) is 2.46. The number of aryl methyl sites for hydroxylation is 1. The Balaban J connectivity index is 1.99. The van der Waals surface area contributed by atoms with Crippen molar-refractivity contribution in [3.63, 3.8) is 0 Å². The molecule has 0 radical (unpaired) electrons. The molecule has 0 bridgehead atoms. The highest BCUT2D eigenvalue weighted by Crippen LogP contribution is 2.31. The van der Waals surface area contributed by atoms with Gasteiger partial charge in [0.25, 0.3) is 5.91 Å². The van der Waals surface area contributed by atoms with Crippen LogP contribution >= 0.6 is 0 Å². The van der Waals surface area contributed by atoms with Gasteiger partial charge in [-0.2, -0.15) is 0 Å². The maximum Gasteiger partial charge on any atom is 0.322 e. The number of nitrogens with one attached hydrogen (secondary N) is 2. The zero-order chi connectivity index (χ0) is 15.2. The van der Waals surface area contributed by atoms with Crippen molar-refractivity contribution in [1.29, 1.82) is 0 Å². The Kier molecular flexibility index (Phi) is 2.72. The summed E-state index contributed by atoms with van der Waals surface area (Å²) in [7, 11) is 0. The first-order valence-electron chi connectivity index (χ1n) is 6.38. The quantitative estimate of drug-likeness (QED) is 0.720. The molecule has 0 saturated carbocycles. The van der Waals surface area contributed by atoms with Crippen molar-refractivity contribution in [2.24, 2.45) is 0 Å². The van der Waals surface area contributed by atoms with Crippen molar-refractivity contribution >= 4 is 17.8 Å². The Morgan fingerprint density at radius 2 is 1.90 bits per heavy atom. The second-order valence-electron chi connectivity index (χ2n) is 5.11. The Hall–Kier alpha value is -2.83. The fourth-order valence-electron chi connectivity index (χ4n) is 2.46. The normalized spacial score (nSPS) is 21.2. The summed E-state index contributed by atoms with van der Waals surface area (Å²) >= 11 is 0. The molecule has 0 spiro atoms. The molecule has 1 aromatic heterocycles. The topological polar surface area (TPSA) is 110 Å². The van der Waals surface area contributed by atoms with Gasteiger partial charge in [-0.1, -0.05) is 29.4 Å². The summed E-state index contributed by atoms with van der Waals surface area (Å²) in [4.78, 5) is 23.2. The van der Waals surface area contributed by atoms with E-state index in [1.165, 1.54) is 0 Å². The molecule has 7 nitrogen and oxygen atoms in total. The minimum Gasteiger partial charge on any atom is -0.380 e. The molecule has 108 valence electrons. The van der Waals surface area contributed by atoms with Gasteiger partial charge in [0.1, 0.15) is 11.3 Å². The van der Waals surface area contributed by atoms with Gasteiger partial charge in [-0.15, -0.1) is 0 Å². The lowest BCUT2D eigenvalue weighted by Crippen LogP contribution is -2.40. The minimum absolute atomic E-state index is 0.318. The third-order valence-electron chi connectivity index (χ3n) is 3.68. The Bertz CT molecular complexity index is 716. The molecule has 1 aromatic carbocycles. The first kappa shape index (κ1) is 13.2. The number of hydrogen-bond donors (Lipinski definition) is 3. The number of rotatable bonds is 2. The molecule has 3 rings (SSSR count). The SMILES string of the molecule is Cc1onc(N)c1-c1ccc([C@@]2(C)NC(=O)NC2=O)cc1. The van der Waals surface area contributed by atoms with E-state index in [9.17, 15) is 9.59 Å². The highest BCUT2D eigenvalue weighted by Gasteiger charge is 2.43. The molecule has 0 aliphatic carbocycles. The van der Waals surface area contributed by atoms with Gasteiger partial charge in [0, 0.05) is 0 Å². The number of urea groups is 1. The van der Waals surface area contributed by atoms with E-state index in [4.69, 9.17) is 10.3 Å². The second-order valence-corrected chi connectivity index (χ2v) is 5.11. The van der Waals surface area contributed by atoms with Gasteiger partial charge >= 0.3 is 6.03 Å². The molecule has 1 aliphatic rings. The third kappa shape index (κ3) is 1.94. The number of hydrogen-bond acceptors (Lipinski definition) is 5. The van der Waals surface area contributed by atoms with Crippen LogP contribution in [0.25, 0.3) is 11.1 Å². The molecule has 2 aromatic rings.